The van der Waals surface area contributed by atoms with Gasteiger partial charge < -0.3 is 19.7 Å². The first kappa shape index (κ1) is 27.8. The molecule has 1 aliphatic carbocycles. The zero-order valence-electron chi connectivity index (χ0n) is 24.5. The Balaban J connectivity index is 1.45. The van der Waals surface area contributed by atoms with Crippen molar-refractivity contribution in [3.8, 4) is 11.1 Å². The fourth-order valence-corrected chi connectivity index (χ4v) is 5.84. The second kappa shape index (κ2) is 11.8. The van der Waals surface area contributed by atoms with Gasteiger partial charge in [-0.15, -0.1) is 0 Å². The molecule has 0 unspecified atom stereocenters. The monoisotopic (exact) mass is 539 g/mol. The predicted molar refractivity (Wildman–Crippen MR) is 163 cm³/mol. The molecule has 0 spiro atoms. The number of allylic oxidation sites excluding steroid dienone is 3. The van der Waals surface area contributed by atoms with Gasteiger partial charge in [0.25, 0.3) is 5.91 Å². The molecular formula is C33H41N5O2. The van der Waals surface area contributed by atoms with Crippen LogP contribution in [0.15, 0.2) is 65.5 Å². The average molecular weight is 540 g/mol. The number of carbonyl (C=O) groups is 2. The van der Waals surface area contributed by atoms with Gasteiger partial charge in [0.2, 0.25) is 0 Å². The fourth-order valence-electron chi connectivity index (χ4n) is 5.84. The van der Waals surface area contributed by atoms with E-state index in [0.29, 0.717) is 5.56 Å². The predicted octanol–water partition coefficient (Wildman–Crippen LogP) is 5.78. The average Bonchev–Trinajstić information content (AvgIpc) is 3.37. The molecule has 1 aromatic carbocycles. The van der Waals surface area contributed by atoms with Gasteiger partial charge >= 0.3 is 0 Å². The van der Waals surface area contributed by atoms with Crippen LogP contribution in [0.1, 0.15) is 63.4 Å². The summed E-state index contributed by atoms with van der Waals surface area (Å²) in [5, 5.41) is 3.99. The molecule has 1 saturated heterocycles. The molecule has 2 aliphatic rings. The maximum absolute atomic E-state index is 13.7. The third kappa shape index (κ3) is 5.75. The number of fused-ring (bicyclic) bond motifs is 1. The van der Waals surface area contributed by atoms with Crippen molar-refractivity contribution in [1.29, 1.82) is 0 Å². The molecule has 5 rings (SSSR count). The first-order valence-electron chi connectivity index (χ1n) is 14.5. The summed E-state index contributed by atoms with van der Waals surface area (Å²) in [6.07, 6.45) is 8.32. The van der Waals surface area contributed by atoms with Gasteiger partial charge in [0, 0.05) is 78.8 Å². The second-order valence-corrected chi connectivity index (χ2v) is 11.5. The summed E-state index contributed by atoms with van der Waals surface area (Å²) in [5.74, 6) is 0.834. The molecule has 210 valence electrons. The van der Waals surface area contributed by atoms with Gasteiger partial charge in [-0.05, 0) is 82.6 Å². The number of benzene rings is 1. The summed E-state index contributed by atoms with van der Waals surface area (Å²) >= 11 is 0. The number of ketones is 1. The van der Waals surface area contributed by atoms with Gasteiger partial charge in [-0.25, -0.2) is 4.98 Å². The molecule has 0 atom stereocenters. The number of hydrogen-bond donors (Lipinski definition) is 1. The van der Waals surface area contributed by atoms with E-state index in [1.807, 2.05) is 31.5 Å². The Morgan fingerprint density at radius 2 is 1.85 bits per heavy atom. The van der Waals surface area contributed by atoms with E-state index in [1.165, 1.54) is 0 Å². The highest BCUT2D eigenvalue weighted by Gasteiger charge is 2.22. The molecule has 40 heavy (non-hydrogen) atoms. The molecule has 1 aliphatic heterocycles. The van der Waals surface area contributed by atoms with E-state index in [1.54, 1.807) is 6.08 Å². The normalized spacial score (nSPS) is 16.7. The van der Waals surface area contributed by atoms with E-state index < -0.39 is 0 Å². The lowest BCUT2D eigenvalue weighted by molar-refractivity contribution is -0.111. The van der Waals surface area contributed by atoms with Crippen molar-refractivity contribution in [2.75, 3.05) is 44.7 Å². The van der Waals surface area contributed by atoms with Crippen LogP contribution in [0.4, 0.5) is 5.82 Å². The van der Waals surface area contributed by atoms with Crippen molar-refractivity contribution in [3.63, 3.8) is 0 Å². The molecule has 7 nitrogen and oxygen atoms in total. The molecule has 1 amide bonds. The number of amides is 1. The van der Waals surface area contributed by atoms with Crippen LogP contribution in [0, 0.1) is 0 Å². The van der Waals surface area contributed by atoms with E-state index in [4.69, 9.17) is 4.98 Å². The van der Waals surface area contributed by atoms with Gasteiger partial charge in [0.05, 0.1) is 0 Å². The first-order chi connectivity index (χ1) is 19.2. The van der Waals surface area contributed by atoms with Crippen LogP contribution in [-0.4, -0.2) is 65.9 Å². The highest BCUT2D eigenvalue weighted by Crippen LogP contribution is 2.31. The Bertz CT molecular complexity index is 1470. The SMILES string of the molecule is CCCC1=C(CNC(=O)c2cc(-c3ccc(N4CCN(C)CC4)nc3)cc3c2ccn3C(C)C)C(=O)C=C(C)C1. The molecule has 0 bridgehead atoms. The van der Waals surface area contributed by atoms with Gasteiger partial charge in [-0.3, -0.25) is 9.59 Å². The smallest absolute Gasteiger partial charge is 0.252 e. The summed E-state index contributed by atoms with van der Waals surface area (Å²) < 4.78 is 2.20. The Labute approximate surface area is 237 Å². The number of piperazine rings is 1. The standard InChI is InChI=1S/C33H41N5O2/c1-6-7-24-16-23(4)17-31(39)29(24)21-35-33(40)28-18-26(19-30-27(28)10-11-38(30)22(2)3)25-8-9-32(34-20-25)37-14-12-36(5)13-15-37/h8-11,17-20,22H,6-7,12-16,21H2,1-5H3,(H,35,40). The number of nitrogens with one attached hydrogen (secondary N) is 1. The zero-order chi connectivity index (χ0) is 28.4. The number of nitrogens with zero attached hydrogens (tertiary/aromatic N) is 4. The van der Waals surface area contributed by atoms with Crippen molar-refractivity contribution < 1.29 is 9.59 Å². The van der Waals surface area contributed by atoms with E-state index in [2.05, 4.69) is 65.7 Å². The van der Waals surface area contributed by atoms with Crippen molar-refractivity contribution in [2.24, 2.45) is 0 Å². The summed E-state index contributed by atoms with van der Waals surface area (Å²) in [4.78, 5) is 36.0. The van der Waals surface area contributed by atoms with Crippen LogP contribution in [0.3, 0.4) is 0 Å². The van der Waals surface area contributed by atoms with E-state index in [9.17, 15) is 9.59 Å². The summed E-state index contributed by atoms with van der Waals surface area (Å²) in [5.41, 5.74) is 6.51. The molecule has 3 aromatic rings. The summed E-state index contributed by atoms with van der Waals surface area (Å²) in [6.45, 7) is 12.6. The molecule has 2 aromatic heterocycles. The highest BCUT2D eigenvalue weighted by atomic mass is 16.2. The van der Waals surface area contributed by atoms with Gasteiger partial charge in [0.1, 0.15) is 5.82 Å². The number of aromatic nitrogens is 2. The Kier molecular flexibility index (Phi) is 8.22. The third-order valence-electron chi connectivity index (χ3n) is 8.12. The van der Waals surface area contributed by atoms with Crippen LogP contribution in [0.25, 0.3) is 22.0 Å². The van der Waals surface area contributed by atoms with Crippen LogP contribution >= 0.6 is 0 Å². The van der Waals surface area contributed by atoms with Gasteiger partial charge in [-0.2, -0.15) is 0 Å². The third-order valence-corrected chi connectivity index (χ3v) is 8.12. The van der Waals surface area contributed by atoms with Crippen molar-refractivity contribution >= 4 is 28.4 Å². The molecule has 0 radical (unpaired) electrons. The van der Waals surface area contributed by atoms with Crippen molar-refractivity contribution in [1.82, 2.24) is 19.8 Å². The minimum Gasteiger partial charge on any atom is -0.354 e. The first-order valence-corrected chi connectivity index (χ1v) is 14.5. The lowest BCUT2D eigenvalue weighted by atomic mass is 9.88. The maximum atomic E-state index is 13.7. The molecule has 0 saturated carbocycles. The minimum absolute atomic E-state index is 0.0175. The Morgan fingerprint density at radius 3 is 2.52 bits per heavy atom. The molecule has 7 heteroatoms. The molecule has 1 N–H and O–H groups in total. The lowest BCUT2D eigenvalue weighted by Crippen LogP contribution is -2.44. The van der Waals surface area contributed by atoms with Crippen LogP contribution in [-0.2, 0) is 4.79 Å². The van der Waals surface area contributed by atoms with E-state index >= 15 is 0 Å². The number of hydrogen-bond acceptors (Lipinski definition) is 5. The largest absolute Gasteiger partial charge is 0.354 e. The van der Waals surface area contributed by atoms with Gasteiger partial charge in [0.15, 0.2) is 5.78 Å². The van der Waals surface area contributed by atoms with Gasteiger partial charge in [-0.1, -0.05) is 24.5 Å². The van der Waals surface area contributed by atoms with Crippen LogP contribution in [0.2, 0.25) is 0 Å². The summed E-state index contributed by atoms with van der Waals surface area (Å²) in [7, 11) is 2.15. The highest BCUT2D eigenvalue weighted by molar-refractivity contribution is 6.10. The number of pyridine rings is 1. The maximum Gasteiger partial charge on any atom is 0.252 e. The summed E-state index contributed by atoms with van der Waals surface area (Å²) in [6, 6.07) is 10.6. The van der Waals surface area contributed by atoms with E-state index in [-0.39, 0.29) is 24.3 Å². The van der Waals surface area contributed by atoms with Crippen molar-refractivity contribution in [3.05, 3.63) is 71.1 Å². The Hall–Kier alpha value is -3.71. The quantitative estimate of drug-likeness (QED) is 0.393. The Morgan fingerprint density at radius 1 is 1.07 bits per heavy atom. The fraction of sp³-hybridized carbons (Fsp3) is 0.424. The minimum atomic E-state index is -0.169. The van der Waals surface area contributed by atoms with Crippen LogP contribution < -0.4 is 10.2 Å². The van der Waals surface area contributed by atoms with Crippen molar-refractivity contribution in [2.45, 2.75) is 53.0 Å². The lowest BCUT2D eigenvalue weighted by Gasteiger charge is -2.33. The zero-order valence-corrected chi connectivity index (χ0v) is 24.5. The number of rotatable bonds is 8. The van der Waals surface area contributed by atoms with E-state index in [0.717, 1.165) is 90.0 Å². The number of anilines is 1. The molecule has 3 heterocycles. The number of carbonyl (C=O) groups excluding carboxylic acids is 2. The molecule has 1 fully saturated rings. The molecular weight excluding hydrogens is 498 g/mol. The number of likely N-dealkylation sites (N-methyl/N-ethyl adjacent to an activating group) is 1. The van der Waals surface area contributed by atoms with Crippen LogP contribution in [0.5, 0.6) is 0 Å². The topological polar surface area (TPSA) is 70.5 Å². The second-order valence-electron chi connectivity index (χ2n) is 11.5.